The zero-order chi connectivity index (χ0) is 13.3. The molecule has 18 heavy (non-hydrogen) atoms. The lowest BCUT2D eigenvalue weighted by Crippen LogP contribution is -2.36. The molecule has 3 nitrogen and oxygen atoms in total. The molecule has 1 aromatic carbocycles. The van der Waals surface area contributed by atoms with Crippen LogP contribution in [0, 0.1) is 5.92 Å². The molecule has 0 aromatic heterocycles. The van der Waals surface area contributed by atoms with Crippen molar-refractivity contribution in [3.63, 3.8) is 0 Å². The summed E-state index contributed by atoms with van der Waals surface area (Å²) in [6, 6.07) is 5.46. The number of hydrogen-bond acceptors (Lipinski definition) is 2. The van der Waals surface area contributed by atoms with Gasteiger partial charge in [0, 0.05) is 6.04 Å². The third kappa shape index (κ3) is 2.75. The Hall–Kier alpha value is -0.870. The second kappa shape index (κ2) is 5.02. The quantitative estimate of drug-likeness (QED) is 0.911. The van der Waals surface area contributed by atoms with E-state index in [4.69, 9.17) is 0 Å². The number of nitrogens with one attached hydrogen (secondary N) is 1. The van der Waals surface area contributed by atoms with Crippen LogP contribution < -0.4 is 4.72 Å². The summed E-state index contributed by atoms with van der Waals surface area (Å²) in [7, 11) is -3.38. The average Bonchev–Trinajstić information content (AvgIpc) is 2.74. The maximum atomic E-state index is 12.2. The highest BCUT2D eigenvalue weighted by Gasteiger charge is 2.21. The van der Waals surface area contributed by atoms with Gasteiger partial charge in [-0.15, -0.1) is 0 Å². The van der Waals surface area contributed by atoms with E-state index < -0.39 is 10.0 Å². The van der Waals surface area contributed by atoms with Crippen LogP contribution in [-0.4, -0.2) is 14.5 Å². The first-order chi connectivity index (χ1) is 8.40. The lowest BCUT2D eigenvalue weighted by atomic mass is 10.1. The maximum absolute atomic E-state index is 12.2. The van der Waals surface area contributed by atoms with E-state index in [1.54, 1.807) is 6.07 Å². The summed E-state index contributed by atoms with van der Waals surface area (Å²) in [5, 5.41) is 0. The van der Waals surface area contributed by atoms with Crippen molar-refractivity contribution in [1.29, 1.82) is 0 Å². The van der Waals surface area contributed by atoms with Crippen LogP contribution in [0.1, 0.15) is 38.3 Å². The van der Waals surface area contributed by atoms with Gasteiger partial charge in [0.25, 0.3) is 0 Å². The normalized spacial score (nSPS) is 16.9. The van der Waals surface area contributed by atoms with Crippen LogP contribution in [0.15, 0.2) is 23.1 Å². The van der Waals surface area contributed by atoms with Crippen molar-refractivity contribution in [3.05, 3.63) is 29.3 Å². The topological polar surface area (TPSA) is 46.2 Å². The van der Waals surface area contributed by atoms with Crippen LogP contribution in [0.5, 0.6) is 0 Å². The fourth-order valence-electron chi connectivity index (χ4n) is 2.16. The Morgan fingerprint density at radius 2 is 1.78 bits per heavy atom. The Labute approximate surface area is 110 Å². The van der Waals surface area contributed by atoms with Crippen LogP contribution in [0.2, 0.25) is 0 Å². The average molecular weight is 267 g/mol. The molecule has 0 amide bonds. The Balaban J connectivity index is 2.25. The van der Waals surface area contributed by atoms with Crippen LogP contribution in [0.25, 0.3) is 0 Å². The molecule has 2 rings (SSSR count). The van der Waals surface area contributed by atoms with Crippen molar-refractivity contribution >= 4 is 10.0 Å². The molecule has 0 heterocycles. The Morgan fingerprint density at radius 1 is 1.11 bits per heavy atom. The molecular formula is C14H21NO2S. The lowest BCUT2D eigenvalue weighted by molar-refractivity contribution is 0.476. The summed E-state index contributed by atoms with van der Waals surface area (Å²) in [5.41, 5.74) is 2.49. The van der Waals surface area contributed by atoms with Gasteiger partial charge in [-0.3, -0.25) is 0 Å². The van der Waals surface area contributed by atoms with Gasteiger partial charge in [0.1, 0.15) is 0 Å². The second-order valence-corrected chi connectivity index (χ2v) is 7.15. The molecular weight excluding hydrogens is 246 g/mol. The fraction of sp³-hybridized carbons (Fsp3) is 0.571. The number of rotatable bonds is 4. The molecule has 1 N–H and O–H groups in total. The molecule has 1 aliphatic carbocycles. The van der Waals surface area contributed by atoms with Gasteiger partial charge in [-0.25, -0.2) is 13.1 Å². The third-order valence-corrected chi connectivity index (χ3v) is 5.28. The van der Waals surface area contributed by atoms with E-state index >= 15 is 0 Å². The van der Waals surface area contributed by atoms with Gasteiger partial charge in [0.15, 0.2) is 0 Å². The number of hydrogen-bond donors (Lipinski definition) is 1. The number of aryl methyl sites for hydroxylation is 2. The zero-order valence-electron chi connectivity index (χ0n) is 11.2. The molecule has 1 aromatic rings. The minimum atomic E-state index is -3.38. The predicted octanol–water partition coefficient (Wildman–Crippen LogP) is 2.50. The molecule has 0 aliphatic heterocycles. The first-order valence-electron chi connectivity index (χ1n) is 6.54. The van der Waals surface area contributed by atoms with Crippen molar-refractivity contribution in [2.24, 2.45) is 5.92 Å². The van der Waals surface area contributed by atoms with Crippen LogP contribution in [0.4, 0.5) is 0 Å². The molecule has 0 saturated heterocycles. The van der Waals surface area contributed by atoms with Gasteiger partial charge in [-0.05, 0) is 55.4 Å². The largest absolute Gasteiger partial charge is 0.240 e. The smallest absolute Gasteiger partial charge is 0.208 e. The van der Waals surface area contributed by atoms with E-state index in [0.717, 1.165) is 19.3 Å². The summed E-state index contributed by atoms with van der Waals surface area (Å²) in [6.45, 7) is 5.92. The van der Waals surface area contributed by atoms with Crippen molar-refractivity contribution in [3.8, 4) is 0 Å². The first-order valence-corrected chi connectivity index (χ1v) is 8.02. The highest BCUT2D eigenvalue weighted by Crippen LogP contribution is 2.24. The Morgan fingerprint density at radius 3 is 2.44 bits per heavy atom. The van der Waals surface area contributed by atoms with Gasteiger partial charge in [0.2, 0.25) is 10.0 Å². The number of fused-ring (bicyclic) bond motifs is 1. The summed E-state index contributed by atoms with van der Waals surface area (Å²) in [4.78, 5) is 0.399. The number of sulfonamides is 1. The Bertz CT molecular complexity index is 535. The van der Waals surface area contributed by atoms with Crippen molar-refractivity contribution in [2.45, 2.75) is 51.0 Å². The van der Waals surface area contributed by atoms with Crippen molar-refractivity contribution in [2.75, 3.05) is 0 Å². The standard InChI is InChI=1S/C14H21NO2S/c1-10(2)11(3)15-18(16,17)14-8-7-12-5-4-6-13(12)9-14/h7-11,15H,4-6H2,1-3H3. The Kier molecular flexibility index (Phi) is 3.78. The summed E-state index contributed by atoms with van der Waals surface area (Å²) < 4.78 is 27.2. The summed E-state index contributed by atoms with van der Waals surface area (Å²) in [5.74, 6) is 0.286. The predicted molar refractivity (Wildman–Crippen MR) is 73.1 cm³/mol. The van der Waals surface area contributed by atoms with E-state index in [0.29, 0.717) is 4.90 Å². The highest BCUT2D eigenvalue weighted by molar-refractivity contribution is 7.89. The van der Waals surface area contributed by atoms with E-state index in [1.807, 2.05) is 32.9 Å². The molecule has 1 unspecified atom stereocenters. The molecule has 0 saturated carbocycles. The monoisotopic (exact) mass is 267 g/mol. The summed E-state index contributed by atoms with van der Waals surface area (Å²) >= 11 is 0. The van der Waals surface area contributed by atoms with Crippen molar-refractivity contribution < 1.29 is 8.42 Å². The van der Waals surface area contributed by atoms with Crippen LogP contribution in [-0.2, 0) is 22.9 Å². The van der Waals surface area contributed by atoms with E-state index in [9.17, 15) is 8.42 Å². The van der Waals surface area contributed by atoms with E-state index in [-0.39, 0.29) is 12.0 Å². The molecule has 0 fully saturated rings. The first kappa shape index (κ1) is 13.6. The van der Waals surface area contributed by atoms with Gasteiger partial charge in [-0.1, -0.05) is 19.9 Å². The van der Waals surface area contributed by atoms with Crippen LogP contribution in [0.3, 0.4) is 0 Å². The van der Waals surface area contributed by atoms with Gasteiger partial charge >= 0.3 is 0 Å². The molecule has 0 radical (unpaired) electrons. The van der Waals surface area contributed by atoms with E-state index in [1.165, 1.54) is 11.1 Å². The second-order valence-electron chi connectivity index (χ2n) is 5.44. The lowest BCUT2D eigenvalue weighted by Gasteiger charge is -2.17. The SMILES string of the molecule is CC(C)C(C)NS(=O)(=O)c1ccc2c(c1)CCC2. The molecule has 1 aliphatic rings. The zero-order valence-corrected chi connectivity index (χ0v) is 12.0. The fourth-order valence-corrected chi connectivity index (χ4v) is 3.61. The van der Waals surface area contributed by atoms with Crippen molar-refractivity contribution in [1.82, 2.24) is 4.72 Å². The molecule has 1 atom stereocenters. The molecule has 4 heteroatoms. The van der Waals surface area contributed by atoms with Gasteiger partial charge < -0.3 is 0 Å². The highest BCUT2D eigenvalue weighted by atomic mass is 32.2. The third-order valence-electron chi connectivity index (χ3n) is 3.72. The molecule has 100 valence electrons. The van der Waals surface area contributed by atoms with Gasteiger partial charge in [-0.2, -0.15) is 0 Å². The maximum Gasteiger partial charge on any atom is 0.240 e. The van der Waals surface area contributed by atoms with Gasteiger partial charge in [0.05, 0.1) is 4.90 Å². The minimum absolute atomic E-state index is 0.0525. The van der Waals surface area contributed by atoms with E-state index in [2.05, 4.69) is 4.72 Å². The minimum Gasteiger partial charge on any atom is -0.208 e. The van der Waals surface area contributed by atoms with Crippen LogP contribution >= 0.6 is 0 Å². The summed E-state index contributed by atoms with van der Waals surface area (Å²) in [6.07, 6.45) is 3.21. The molecule has 0 spiro atoms. The molecule has 0 bridgehead atoms. The number of benzene rings is 1.